The highest BCUT2D eigenvalue weighted by Crippen LogP contribution is 2.16. The fourth-order valence-electron chi connectivity index (χ4n) is 2.05. The molecule has 0 aliphatic heterocycles. The minimum atomic E-state index is -4.27. The summed E-state index contributed by atoms with van der Waals surface area (Å²) in [5, 5.41) is 6.46. The van der Waals surface area contributed by atoms with E-state index in [0.29, 0.717) is 18.9 Å². The third kappa shape index (κ3) is 12.4. The fourth-order valence-corrected chi connectivity index (χ4v) is 3.07. The molecule has 0 saturated carbocycles. The van der Waals surface area contributed by atoms with Gasteiger partial charge >= 0.3 is 6.18 Å². The van der Waals surface area contributed by atoms with Crippen LogP contribution in [0.4, 0.5) is 13.2 Å². The van der Waals surface area contributed by atoms with Crippen molar-refractivity contribution in [2.45, 2.75) is 45.8 Å². The average molecular weight is 493 g/mol. The Balaban J connectivity index is 0.00000576. The molecule has 0 aromatic carbocycles. The van der Waals surface area contributed by atoms with E-state index in [4.69, 9.17) is 0 Å². The van der Waals surface area contributed by atoms with Gasteiger partial charge in [-0.2, -0.15) is 13.2 Å². The van der Waals surface area contributed by atoms with Gasteiger partial charge in [-0.1, -0.05) is 0 Å². The molecule has 1 atom stereocenters. The maximum absolute atomic E-state index is 11.9. The predicted octanol–water partition coefficient (Wildman–Crippen LogP) is 4.13. The Morgan fingerprint density at radius 3 is 2.64 bits per heavy atom. The molecule has 0 saturated heterocycles. The molecule has 0 fully saturated rings. The number of hydrogen-bond acceptors (Lipinski definition) is 3. The Hall–Kier alpha value is -0.550. The van der Waals surface area contributed by atoms with E-state index < -0.39 is 12.8 Å². The molecule has 1 heterocycles. The largest absolute Gasteiger partial charge is 0.411 e. The highest BCUT2D eigenvalue weighted by atomic mass is 127. The maximum atomic E-state index is 11.9. The molecular weight excluding hydrogens is 466 g/mol. The van der Waals surface area contributed by atoms with Gasteiger partial charge in [0.25, 0.3) is 0 Å². The number of aliphatic imine (C=N–C) groups is 1. The molecule has 0 aliphatic rings. The molecule has 0 amide bonds. The van der Waals surface area contributed by atoms with Crippen molar-refractivity contribution in [3.8, 4) is 0 Å². The molecule has 0 spiro atoms. The minimum Gasteiger partial charge on any atom is -0.372 e. The smallest absolute Gasteiger partial charge is 0.372 e. The van der Waals surface area contributed by atoms with Gasteiger partial charge in [-0.15, -0.1) is 35.3 Å². The van der Waals surface area contributed by atoms with Gasteiger partial charge in [0.2, 0.25) is 0 Å². The molecule has 1 unspecified atom stereocenters. The lowest BCUT2D eigenvalue weighted by atomic mass is 10.2. The number of guanidine groups is 1. The van der Waals surface area contributed by atoms with Crippen molar-refractivity contribution in [3.63, 3.8) is 0 Å². The van der Waals surface area contributed by atoms with E-state index in [-0.39, 0.29) is 36.6 Å². The second-order valence-electron chi connectivity index (χ2n) is 5.54. The summed E-state index contributed by atoms with van der Waals surface area (Å²) in [6.45, 7) is 6.11. The van der Waals surface area contributed by atoms with E-state index >= 15 is 0 Å². The van der Waals surface area contributed by atoms with Gasteiger partial charge in [0.1, 0.15) is 6.61 Å². The van der Waals surface area contributed by atoms with Gasteiger partial charge in [-0.25, -0.2) is 0 Å². The first-order valence-corrected chi connectivity index (χ1v) is 8.86. The third-order valence-corrected chi connectivity index (χ3v) is 4.04. The van der Waals surface area contributed by atoms with Crippen LogP contribution in [0.15, 0.2) is 17.1 Å². The van der Waals surface area contributed by atoms with Crippen molar-refractivity contribution >= 4 is 41.3 Å². The standard InChI is InChI=1S/C16H26F3N3OS.HI/c1-4-20-15(21-8-5-9-23-11-16(17,18)19)22-12(2)10-14-7-6-13(3)24-14;/h6-7,12H,4-5,8-11H2,1-3H3,(H2,20,21,22);1H. The quantitative estimate of drug-likeness (QED) is 0.236. The van der Waals surface area contributed by atoms with Crippen LogP contribution in [0.25, 0.3) is 0 Å². The van der Waals surface area contributed by atoms with E-state index in [0.717, 1.165) is 13.0 Å². The fraction of sp³-hybridized carbons (Fsp3) is 0.688. The number of hydrogen-bond donors (Lipinski definition) is 2. The summed E-state index contributed by atoms with van der Waals surface area (Å²) in [5.41, 5.74) is 0. The first kappa shape index (κ1) is 24.5. The van der Waals surface area contributed by atoms with Crippen molar-refractivity contribution in [1.82, 2.24) is 10.6 Å². The van der Waals surface area contributed by atoms with Crippen molar-refractivity contribution in [2.24, 2.45) is 4.99 Å². The first-order valence-electron chi connectivity index (χ1n) is 8.05. The van der Waals surface area contributed by atoms with E-state index in [2.05, 4.69) is 46.3 Å². The lowest BCUT2D eigenvalue weighted by Gasteiger charge is -2.17. The van der Waals surface area contributed by atoms with Crippen LogP contribution >= 0.6 is 35.3 Å². The number of nitrogens with zero attached hydrogens (tertiary/aromatic N) is 1. The normalized spacial score (nSPS) is 13.3. The van der Waals surface area contributed by atoms with Crippen LogP contribution in [0.1, 0.15) is 30.0 Å². The molecule has 0 bridgehead atoms. The highest BCUT2D eigenvalue weighted by Gasteiger charge is 2.27. The van der Waals surface area contributed by atoms with Crippen LogP contribution in [0.5, 0.6) is 0 Å². The van der Waals surface area contributed by atoms with E-state index in [1.807, 2.05) is 6.92 Å². The van der Waals surface area contributed by atoms with E-state index in [9.17, 15) is 13.2 Å². The monoisotopic (exact) mass is 493 g/mol. The number of ether oxygens (including phenoxy) is 1. The third-order valence-electron chi connectivity index (χ3n) is 3.01. The zero-order valence-electron chi connectivity index (χ0n) is 14.8. The van der Waals surface area contributed by atoms with E-state index in [1.54, 1.807) is 11.3 Å². The Labute approximate surface area is 168 Å². The van der Waals surface area contributed by atoms with Gasteiger partial charge < -0.3 is 15.4 Å². The van der Waals surface area contributed by atoms with Crippen LogP contribution in [-0.2, 0) is 11.2 Å². The number of nitrogens with one attached hydrogen (secondary N) is 2. The van der Waals surface area contributed by atoms with Gasteiger partial charge in [0.05, 0.1) is 0 Å². The van der Waals surface area contributed by atoms with Gasteiger partial charge in [0, 0.05) is 41.9 Å². The summed E-state index contributed by atoms with van der Waals surface area (Å²) in [7, 11) is 0. The topological polar surface area (TPSA) is 45.7 Å². The summed E-state index contributed by atoms with van der Waals surface area (Å²) in [6, 6.07) is 4.44. The molecular formula is C16H27F3IN3OS. The van der Waals surface area contributed by atoms with Gasteiger partial charge in [-0.3, -0.25) is 4.99 Å². The molecule has 146 valence electrons. The van der Waals surface area contributed by atoms with Gasteiger partial charge in [-0.05, 0) is 39.3 Å². The second kappa shape index (κ2) is 12.7. The van der Waals surface area contributed by atoms with Crippen molar-refractivity contribution in [2.75, 3.05) is 26.3 Å². The van der Waals surface area contributed by atoms with Crippen molar-refractivity contribution < 1.29 is 17.9 Å². The Bertz CT molecular complexity index is 509. The number of halogens is 4. The predicted molar refractivity (Wildman–Crippen MR) is 108 cm³/mol. The average Bonchev–Trinajstić information content (AvgIpc) is 2.86. The lowest BCUT2D eigenvalue weighted by Crippen LogP contribution is -2.43. The zero-order valence-corrected chi connectivity index (χ0v) is 17.9. The Morgan fingerprint density at radius 1 is 1.36 bits per heavy atom. The Morgan fingerprint density at radius 2 is 2.08 bits per heavy atom. The SMILES string of the molecule is CCNC(=NCCCOCC(F)(F)F)NC(C)Cc1ccc(C)s1.I. The van der Waals surface area contributed by atoms with Crippen molar-refractivity contribution in [1.29, 1.82) is 0 Å². The second-order valence-corrected chi connectivity index (χ2v) is 6.92. The van der Waals surface area contributed by atoms with E-state index in [1.165, 1.54) is 9.75 Å². The maximum Gasteiger partial charge on any atom is 0.411 e. The highest BCUT2D eigenvalue weighted by molar-refractivity contribution is 14.0. The number of alkyl halides is 3. The molecule has 9 heteroatoms. The van der Waals surface area contributed by atoms with Crippen LogP contribution in [0.2, 0.25) is 0 Å². The number of thiophene rings is 1. The van der Waals surface area contributed by atoms with Crippen molar-refractivity contribution in [3.05, 3.63) is 21.9 Å². The molecule has 0 radical (unpaired) electrons. The zero-order chi connectivity index (χ0) is 18.0. The summed E-state index contributed by atoms with van der Waals surface area (Å²) >= 11 is 1.78. The number of rotatable bonds is 9. The summed E-state index contributed by atoms with van der Waals surface area (Å²) in [6.07, 6.45) is -2.92. The summed E-state index contributed by atoms with van der Waals surface area (Å²) in [4.78, 5) is 6.97. The molecule has 2 N–H and O–H groups in total. The van der Waals surface area contributed by atoms with Crippen LogP contribution in [0.3, 0.4) is 0 Å². The van der Waals surface area contributed by atoms with Gasteiger partial charge in [0.15, 0.2) is 5.96 Å². The molecule has 25 heavy (non-hydrogen) atoms. The van der Waals surface area contributed by atoms with Crippen LogP contribution in [0, 0.1) is 6.92 Å². The van der Waals surface area contributed by atoms with Crippen LogP contribution < -0.4 is 10.6 Å². The molecule has 1 rings (SSSR count). The van der Waals surface area contributed by atoms with Crippen LogP contribution in [-0.4, -0.2) is 44.5 Å². The summed E-state index contributed by atoms with van der Waals surface area (Å²) in [5.74, 6) is 0.675. The summed E-state index contributed by atoms with van der Waals surface area (Å²) < 4.78 is 40.4. The molecule has 0 aliphatic carbocycles. The molecule has 4 nitrogen and oxygen atoms in total. The lowest BCUT2D eigenvalue weighted by molar-refractivity contribution is -0.173. The minimum absolute atomic E-state index is 0. The molecule has 1 aromatic heterocycles. The number of aryl methyl sites for hydroxylation is 1. The molecule has 1 aromatic rings. The Kier molecular flexibility index (Phi) is 12.5. The first-order chi connectivity index (χ1) is 11.3.